The van der Waals surface area contributed by atoms with Gasteiger partial charge in [0.25, 0.3) is 0 Å². The summed E-state index contributed by atoms with van der Waals surface area (Å²) in [6.07, 6.45) is 7.81. The second-order valence-corrected chi connectivity index (χ2v) is 14.5. The van der Waals surface area contributed by atoms with Crippen LogP contribution in [-0.2, 0) is 4.79 Å². The molecule has 0 aromatic heterocycles. The number of fused-ring (bicyclic) bond motifs is 6. The first-order valence-corrected chi connectivity index (χ1v) is 13.8. The topological polar surface area (TPSA) is 98.0 Å². The van der Waals surface area contributed by atoms with Gasteiger partial charge in [-0.05, 0) is 85.4 Å². The van der Waals surface area contributed by atoms with Crippen LogP contribution in [0.15, 0.2) is 22.8 Å². The summed E-state index contributed by atoms with van der Waals surface area (Å²) in [5.41, 5.74) is 2.07. The molecule has 0 unspecified atom stereocenters. The van der Waals surface area contributed by atoms with Gasteiger partial charge in [0.05, 0.1) is 24.2 Å². The zero-order valence-electron chi connectivity index (χ0n) is 22.6. The van der Waals surface area contributed by atoms with Crippen LogP contribution in [0, 0.1) is 38.4 Å². The van der Waals surface area contributed by atoms with E-state index in [0.717, 1.165) is 51.4 Å². The van der Waals surface area contributed by atoms with E-state index in [1.165, 1.54) is 16.7 Å². The normalized spacial score (nSPS) is 50.9. The van der Waals surface area contributed by atoms with E-state index in [9.17, 15) is 25.2 Å². The van der Waals surface area contributed by atoms with Gasteiger partial charge in [-0.25, -0.2) is 0 Å². The maximum absolute atomic E-state index is 12.8. The summed E-state index contributed by atoms with van der Waals surface area (Å²) in [6.45, 7) is 13.3. The number of hydrogen-bond donors (Lipinski definition) is 4. The summed E-state index contributed by atoms with van der Waals surface area (Å²) in [5, 5.41) is 42.8. The van der Waals surface area contributed by atoms with Gasteiger partial charge in [-0.15, -0.1) is 0 Å². The lowest BCUT2D eigenvalue weighted by atomic mass is 9.37. The van der Waals surface area contributed by atoms with Gasteiger partial charge in [-0.2, -0.15) is 0 Å². The lowest BCUT2D eigenvalue weighted by Crippen LogP contribution is -2.62. The number of carboxylic acids is 1. The maximum atomic E-state index is 12.8. The Bertz CT molecular complexity index is 1010. The summed E-state index contributed by atoms with van der Waals surface area (Å²) in [5.74, 6) is -0.546. The van der Waals surface area contributed by atoms with E-state index in [1.54, 1.807) is 0 Å². The van der Waals surface area contributed by atoms with Gasteiger partial charge < -0.3 is 20.4 Å². The SMILES string of the molecule is CC1(C)CC[C@]2(C(=O)O)CC[C@]3(C)C(=CCC4=C5C[C@H](O)[C@H](O)[C@@](C)(CO)[C@@]5(C)CC[C@]43C)[C@@H]2C1. The lowest BCUT2D eigenvalue weighted by molar-refractivity contribution is -0.166. The molecule has 0 heterocycles. The number of hydrogen-bond acceptors (Lipinski definition) is 4. The Balaban J connectivity index is 1.68. The molecule has 3 fully saturated rings. The predicted molar refractivity (Wildman–Crippen MR) is 136 cm³/mol. The molecular weight excluding hydrogens is 440 g/mol. The molecule has 0 aromatic rings. The van der Waals surface area contributed by atoms with Gasteiger partial charge in [-0.3, -0.25) is 4.79 Å². The third-order valence-corrected chi connectivity index (χ3v) is 12.8. The van der Waals surface area contributed by atoms with E-state index in [1.807, 2.05) is 6.92 Å². The smallest absolute Gasteiger partial charge is 0.310 e. The molecule has 0 aromatic carbocycles. The molecule has 0 spiro atoms. The summed E-state index contributed by atoms with van der Waals surface area (Å²) < 4.78 is 0. The van der Waals surface area contributed by atoms with E-state index in [-0.39, 0.29) is 34.2 Å². The van der Waals surface area contributed by atoms with Crippen molar-refractivity contribution in [3.05, 3.63) is 22.8 Å². The van der Waals surface area contributed by atoms with Crippen molar-refractivity contribution in [2.75, 3.05) is 6.61 Å². The second kappa shape index (κ2) is 7.45. The maximum Gasteiger partial charge on any atom is 0.310 e. The van der Waals surface area contributed by atoms with E-state index >= 15 is 0 Å². The summed E-state index contributed by atoms with van der Waals surface area (Å²) in [6, 6.07) is 0. The molecule has 0 radical (unpaired) electrons. The minimum absolute atomic E-state index is 0.0701. The van der Waals surface area contributed by atoms with Gasteiger partial charge in [0.15, 0.2) is 0 Å². The van der Waals surface area contributed by atoms with Crippen LogP contribution < -0.4 is 0 Å². The highest BCUT2D eigenvalue weighted by Gasteiger charge is 2.67. The van der Waals surface area contributed by atoms with Crippen LogP contribution in [0.4, 0.5) is 0 Å². The van der Waals surface area contributed by atoms with Crippen molar-refractivity contribution in [3.8, 4) is 0 Å². The van der Waals surface area contributed by atoms with Gasteiger partial charge in [-0.1, -0.05) is 64.3 Å². The molecular formula is C30H46O5. The van der Waals surface area contributed by atoms with Crippen LogP contribution in [0.1, 0.15) is 99.3 Å². The fourth-order valence-corrected chi connectivity index (χ4v) is 9.58. The highest BCUT2D eigenvalue weighted by Crippen LogP contribution is 2.73. The van der Waals surface area contributed by atoms with Crippen molar-refractivity contribution in [2.45, 2.75) is 112 Å². The summed E-state index contributed by atoms with van der Waals surface area (Å²) in [4.78, 5) is 12.8. The van der Waals surface area contributed by atoms with E-state index in [0.29, 0.717) is 6.42 Å². The molecule has 35 heavy (non-hydrogen) atoms. The quantitative estimate of drug-likeness (QED) is 0.400. The molecule has 3 saturated carbocycles. The van der Waals surface area contributed by atoms with Crippen molar-refractivity contribution in [3.63, 3.8) is 0 Å². The van der Waals surface area contributed by atoms with Gasteiger partial charge >= 0.3 is 5.97 Å². The van der Waals surface area contributed by atoms with Crippen LogP contribution >= 0.6 is 0 Å². The molecule has 0 saturated heterocycles. The van der Waals surface area contributed by atoms with Gasteiger partial charge in [0.1, 0.15) is 0 Å². The minimum atomic E-state index is -0.952. The Morgan fingerprint density at radius 3 is 2.11 bits per heavy atom. The van der Waals surface area contributed by atoms with E-state index < -0.39 is 29.0 Å². The molecule has 0 amide bonds. The van der Waals surface area contributed by atoms with Crippen molar-refractivity contribution in [2.24, 2.45) is 38.4 Å². The number of allylic oxidation sites excluding steroid dienone is 3. The van der Waals surface area contributed by atoms with Crippen LogP contribution in [-0.4, -0.2) is 45.2 Å². The highest BCUT2D eigenvalue weighted by molar-refractivity contribution is 5.76. The summed E-state index contributed by atoms with van der Waals surface area (Å²) >= 11 is 0. The Morgan fingerprint density at radius 1 is 0.886 bits per heavy atom. The van der Waals surface area contributed by atoms with Crippen molar-refractivity contribution in [1.82, 2.24) is 0 Å². The molecule has 4 N–H and O–H groups in total. The lowest BCUT2D eigenvalue weighted by Gasteiger charge is -2.67. The van der Waals surface area contributed by atoms with Crippen molar-refractivity contribution >= 4 is 5.97 Å². The molecule has 5 nitrogen and oxygen atoms in total. The number of aliphatic carboxylic acids is 1. The van der Waals surface area contributed by atoms with Crippen LogP contribution in [0.3, 0.4) is 0 Å². The predicted octanol–water partition coefficient (Wildman–Crippen LogP) is 5.24. The fourth-order valence-electron chi connectivity index (χ4n) is 9.58. The van der Waals surface area contributed by atoms with Crippen LogP contribution in [0.2, 0.25) is 0 Å². The molecule has 5 aliphatic rings. The molecule has 196 valence electrons. The molecule has 0 aliphatic heterocycles. The van der Waals surface area contributed by atoms with E-state index in [4.69, 9.17) is 0 Å². The van der Waals surface area contributed by atoms with Crippen LogP contribution in [0.5, 0.6) is 0 Å². The molecule has 0 bridgehead atoms. The van der Waals surface area contributed by atoms with Crippen molar-refractivity contribution < 1.29 is 25.2 Å². The molecule has 5 heteroatoms. The zero-order chi connectivity index (χ0) is 25.8. The molecule has 5 rings (SSSR count). The van der Waals surface area contributed by atoms with E-state index in [2.05, 4.69) is 40.7 Å². The second-order valence-electron chi connectivity index (χ2n) is 14.5. The first-order chi connectivity index (χ1) is 16.1. The van der Waals surface area contributed by atoms with Crippen LogP contribution in [0.25, 0.3) is 0 Å². The zero-order valence-corrected chi connectivity index (χ0v) is 22.6. The fraction of sp³-hybridized carbons (Fsp3) is 0.833. The Labute approximate surface area is 210 Å². The number of aliphatic hydroxyl groups is 3. The average molecular weight is 487 g/mol. The third kappa shape index (κ3) is 2.95. The minimum Gasteiger partial charge on any atom is -0.481 e. The monoisotopic (exact) mass is 486 g/mol. The van der Waals surface area contributed by atoms with Crippen molar-refractivity contribution in [1.29, 1.82) is 0 Å². The number of carboxylic acid groups (broad SMARTS) is 1. The first kappa shape index (κ1) is 25.5. The molecule has 8 atom stereocenters. The third-order valence-electron chi connectivity index (χ3n) is 12.8. The Kier molecular flexibility index (Phi) is 5.42. The Hall–Kier alpha value is -1.17. The first-order valence-electron chi connectivity index (χ1n) is 13.8. The molecule has 5 aliphatic carbocycles. The average Bonchev–Trinajstić information content (AvgIpc) is 2.79. The number of rotatable bonds is 2. The number of carbonyl (C=O) groups is 1. The van der Waals surface area contributed by atoms with Gasteiger partial charge in [0, 0.05) is 5.41 Å². The highest BCUT2D eigenvalue weighted by atomic mass is 16.4. The summed E-state index contributed by atoms with van der Waals surface area (Å²) in [7, 11) is 0. The van der Waals surface area contributed by atoms with Gasteiger partial charge in [0.2, 0.25) is 0 Å². The largest absolute Gasteiger partial charge is 0.481 e. The Morgan fingerprint density at radius 2 is 1.49 bits per heavy atom. The number of aliphatic hydroxyl groups excluding tert-OH is 3. The standard InChI is InChI=1S/C30H46O5/c1-25(2)9-13-30(24(34)35)14-12-27(4)19(21(30)16-25)8-7-18-20-15-22(32)23(33)29(6,17-31)28(20,5)11-10-26(18,27)3/h8,21-23,31-33H,7,9-17H2,1-6H3,(H,34,35)/t21-,22-,23-,26+,27+,28-,29+,30-/m0/s1.